The minimum absolute atomic E-state index is 0.864. The van der Waals surface area contributed by atoms with Gasteiger partial charge in [0.25, 0.3) is 0 Å². The van der Waals surface area contributed by atoms with Gasteiger partial charge in [0, 0.05) is 6.54 Å². The predicted molar refractivity (Wildman–Crippen MR) is 55.6 cm³/mol. The fourth-order valence-corrected chi connectivity index (χ4v) is 2.47. The minimum atomic E-state index is 0.864. The molecule has 1 heterocycles. The van der Waals surface area contributed by atoms with Crippen molar-refractivity contribution in [2.45, 2.75) is 32.1 Å². The maximum Gasteiger partial charge on any atom is 0.00129 e. The van der Waals surface area contributed by atoms with Gasteiger partial charge in [-0.3, -0.25) is 0 Å². The lowest BCUT2D eigenvalue weighted by Crippen LogP contribution is -2.27. The van der Waals surface area contributed by atoms with Crippen LogP contribution in [-0.4, -0.2) is 31.1 Å². The third-order valence-electron chi connectivity index (χ3n) is 3.56. The molecule has 1 saturated carbocycles. The Balaban J connectivity index is 1.68. The lowest BCUT2D eigenvalue weighted by Gasteiger charge is -2.19. The maximum atomic E-state index is 5.64. The summed E-state index contributed by atoms with van der Waals surface area (Å²) in [6.45, 7) is 4.93. The number of hydrogen-bond donors (Lipinski definition) is 1. The van der Waals surface area contributed by atoms with E-state index in [4.69, 9.17) is 5.73 Å². The Morgan fingerprint density at radius 2 is 1.69 bits per heavy atom. The summed E-state index contributed by atoms with van der Waals surface area (Å²) in [6, 6.07) is 0. The van der Waals surface area contributed by atoms with Gasteiger partial charge in [-0.2, -0.15) is 0 Å². The Kier molecular flexibility index (Phi) is 3.23. The fraction of sp³-hybridized carbons (Fsp3) is 1.00. The molecule has 2 heteroatoms. The summed E-state index contributed by atoms with van der Waals surface area (Å²) in [5.41, 5.74) is 5.64. The molecule has 2 rings (SSSR count). The quantitative estimate of drug-likeness (QED) is 0.716. The molecule has 0 aromatic heterocycles. The van der Waals surface area contributed by atoms with E-state index in [0.717, 1.165) is 18.4 Å². The first-order valence-electron chi connectivity index (χ1n) is 5.82. The zero-order valence-corrected chi connectivity index (χ0v) is 8.54. The smallest absolute Gasteiger partial charge is 0.00129 e. The van der Waals surface area contributed by atoms with Crippen molar-refractivity contribution in [2.24, 2.45) is 17.6 Å². The molecular formula is C11H22N2. The molecule has 0 unspecified atom stereocenters. The van der Waals surface area contributed by atoms with E-state index in [1.165, 1.54) is 51.7 Å². The number of rotatable bonds is 3. The van der Waals surface area contributed by atoms with Crippen molar-refractivity contribution in [2.75, 3.05) is 26.2 Å². The summed E-state index contributed by atoms with van der Waals surface area (Å²) < 4.78 is 0. The molecule has 0 aromatic rings. The van der Waals surface area contributed by atoms with Gasteiger partial charge in [0.15, 0.2) is 0 Å². The van der Waals surface area contributed by atoms with Crippen LogP contribution in [0, 0.1) is 11.8 Å². The average molecular weight is 182 g/mol. The molecule has 2 atom stereocenters. The van der Waals surface area contributed by atoms with Gasteiger partial charge in [-0.05, 0) is 50.7 Å². The standard InChI is InChI=1S/C11H22N2/c12-8-10-7-11(10)9-13-5-3-1-2-4-6-13/h10-11H,1-9,12H2/t10-,11-/m1/s1. The number of hydrogen-bond acceptors (Lipinski definition) is 2. The van der Waals surface area contributed by atoms with Gasteiger partial charge in [0.1, 0.15) is 0 Å². The van der Waals surface area contributed by atoms with Crippen LogP contribution in [0.1, 0.15) is 32.1 Å². The fourth-order valence-electron chi connectivity index (χ4n) is 2.47. The van der Waals surface area contributed by atoms with Crippen molar-refractivity contribution in [1.29, 1.82) is 0 Å². The monoisotopic (exact) mass is 182 g/mol. The molecule has 2 nitrogen and oxygen atoms in total. The van der Waals surface area contributed by atoms with E-state index >= 15 is 0 Å². The topological polar surface area (TPSA) is 29.3 Å². The van der Waals surface area contributed by atoms with Gasteiger partial charge in [0.2, 0.25) is 0 Å². The minimum Gasteiger partial charge on any atom is -0.330 e. The van der Waals surface area contributed by atoms with Crippen molar-refractivity contribution in [3.63, 3.8) is 0 Å². The molecule has 0 amide bonds. The second-order valence-electron chi connectivity index (χ2n) is 4.71. The van der Waals surface area contributed by atoms with Crippen LogP contribution in [0.4, 0.5) is 0 Å². The SMILES string of the molecule is NC[C@H]1C[C@@H]1CN1CCCCCC1. The lowest BCUT2D eigenvalue weighted by atomic mass is 10.2. The van der Waals surface area contributed by atoms with E-state index in [1.54, 1.807) is 0 Å². The van der Waals surface area contributed by atoms with Gasteiger partial charge in [0.05, 0.1) is 0 Å². The Morgan fingerprint density at radius 1 is 1.00 bits per heavy atom. The molecular weight excluding hydrogens is 160 g/mol. The van der Waals surface area contributed by atoms with Crippen molar-refractivity contribution >= 4 is 0 Å². The van der Waals surface area contributed by atoms with Crippen LogP contribution in [0.25, 0.3) is 0 Å². The Hall–Kier alpha value is -0.0800. The molecule has 1 aliphatic carbocycles. The van der Waals surface area contributed by atoms with Crippen LogP contribution in [0.3, 0.4) is 0 Å². The summed E-state index contributed by atoms with van der Waals surface area (Å²) in [5.74, 6) is 1.81. The molecule has 2 N–H and O–H groups in total. The molecule has 0 aromatic carbocycles. The van der Waals surface area contributed by atoms with E-state index < -0.39 is 0 Å². The second kappa shape index (κ2) is 4.43. The first-order valence-corrected chi connectivity index (χ1v) is 5.82. The highest BCUT2D eigenvalue weighted by atomic mass is 15.1. The molecule has 2 fully saturated rings. The maximum absolute atomic E-state index is 5.64. The van der Waals surface area contributed by atoms with Crippen LogP contribution in [0.5, 0.6) is 0 Å². The van der Waals surface area contributed by atoms with E-state index in [-0.39, 0.29) is 0 Å². The van der Waals surface area contributed by atoms with Crippen LogP contribution < -0.4 is 5.73 Å². The second-order valence-corrected chi connectivity index (χ2v) is 4.71. The third kappa shape index (κ3) is 2.68. The van der Waals surface area contributed by atoms with Gasteiger partial charge >= 0.3 is 0 Å². The highest BCUT2D eigenvalue weighted by Gasteiger charge is 2.36. The highest BCUT2D eigenvalue weighted by Crippen LogP contribution is 2.38. The Labute approximate surface area is 81.5 Å². The normalized spacial score (nSPS) is 35.8. The average Bonchev–Trinajstić information content (AvgIpc) is 2.90. The van der Waals surface area contributed by atoms with Crippen LogP contribution in [0.2, 0.25) is 0 Å². The molecule has 1 aliphatic heterocycles. The predicted octanol–water partition coefficient (Wildman–Crippen LogP) is 1.46. The van der Waals surface area contributed by atoms with Crippen molar-refractivity contribution < 1.29 is 0 Å². The van der Waals surface area contributed by atoms with Crippen LogP contribution in [-0.2, 0) is 0 Å². The van der Waals surface area contributed by atoms with E-state index in [2.05, 4.69) is 4.90 Å². The molecule has 13 heavy (non-hydrogen) atoms. The highest BCUT2D eigenvalue weighted by molar-refractivity contribution is 4.89. The first kappa shape index (κ1) is 9.47. The summed E-state index contributed by atoms with van der Waals surface area (Å²) >= 11 is 0. The third-order valence-corrected chi connectivity index (χ3v) is 3.56. The summed E-state index contributed by atoms with van der Waals surface area (Å²) in [5, 5.41) is 0. The lowest BCUT2D eigenvalue weighted by molar-refractivity contribution is 0.269. The number of likely N-dealkylation sites (tertiary alicyclic amines) is 1. The zero-order valence-electron chi connectivity index (χ0n) is 8.54. The first-order chi connectivity index (χ1) is 6.40. The van der Waals surface area contributed by atoms with E-state index in [9.17, 15) is 0 Å². The van der Waals surface area contributed by atoms with E-state index in [0.29, 0.717) is 0 Å². The molecule has 0 bridgehead atoms. The zero-order chi connectivity index (χ0) is 9.10. The Bertz CT molecular complexity index is 150. The molecule has 0 spiro atoms. The number of nitrogens with zero attached hydrogens (tertiary/aromatic N) is 1. The Morgan fingerprint density at radius 3 is 2.23 bits per heavy atom. The van der Waals surface area contributed by atoms with Gasteiger partial charge < -0.3 is 10.6 Å². The van der Waals surface area contributed by atoms with Gasteiger partial charge in [-0.1, -0.05) is 12.8 Å². The molecule has 2 aliphatic rings. The van der Waals surface area contributed by atoms with Crippen LogP contribution >= 0.6 is 0 Å². The summed E-state index contributed by atoms with van der Waals surface area (Å²) in [7, 11) is 0. The van der Waals surface area contributed by atoms with Crippen LogP contribution in [0.15, 0.2) is 0 Å². The summed E-state index contributed by atoms with van der Waals surface area (Å²) in [4.78, 5) is 2.66. The molecule has 76 valence electrons. The largest absolute Gasteiger partial charge is 0.330 e. The number of nitrogens with two attached hydrogens (primary N) is 1. The van der Waals surface area contributed by atoms with Gasteiger partial charge in [-0.25, -0.2) is 0 Å². The molecule has 1 saturated heterocycles. The van der Waals surface area contributed by atoms with Crippen molar-refractivity contribution in [3.8, 4) is 0 Å². The molecule has 0 radical (unpaired) electrons. The summed E-state index contributed by atoms with van der Waals surface area (Å²) in [6.07, 6.45) is 7.12. The van der Waals surface area contributed by atoms with Crippen molar-refractivity contribution in [3.05, 3.63) is 0 Å². The van der Waals surface area contributed by atoms with E-state index in [1.807, 2.05) is 0 Å². The van der Waals surface area contributed by atoms with Crippen molar-refractivity contribution in [1.82, 2.24) is 4.90 Å². The van der Waals surface area contributed by atoms with Gasteiger partial charge in [-0.15, -0.1) is 0 Å².